The van der Waals surface area contributed by atoms with Crippen molar-refractivity contribution in [3.63, 3.8) is 0 Å². The molecule has 0 atom stereocenters. The second-order valence-electron chi connectivity index (χ2n) is 8.24. The highest BCUT2D eigenvalue weighted by Gasteiger charge is 2.24. The van der Waals surface area contributed by atoms with E-state index in [0.29, 0.717) is 36.9 Å². The van der Waals surface area contributed by atoms with Crippen LogP contribution in [0.25, 0.3) is 0 Å². The molecule has 0 saturated heterocycles. The van der Waals surface area contributed by atoms with E-state index in [-0.39, 0.29) is 28.6 Å². The topological polar surface area (TPSA) is 80.3 Å². The van der Waals surface area contributed by atoms with Gasteiger partial charge < -0.3 is 23.7 Å². The largest absolute Gasteiger partial charge is 0.489 e. The van der Waals surface area contributed by atoms with Crippen molar-refractivity contribution in [2.24, 2.45) is 11.8 Å². The van der Waals surface area contributed by atoms with Gasteiger partial charge in [0.1, 0.15) is 6.29 Å². The predicted octanol–water partition coefficient (Wildman–Crippen LogP) is 5.75. The molecular weight excluding hydrogens is 488 g/mol. The Labute approximate surface area is 205 Å². The number of aldehydes is 1. The smallest absolute Gasteiger partial charge is 0.387 e. The molecule has 2 aliphatic carbocycles. The third-order valence-electron chi connectivity index (χ3n) is 5.24. The predicted molar refractivity (Wildman–Crippen MR) is 119 cm³/mol. The van der Waals surface area contributed by atoms with E-state index < -0.39 is 19.2 Å². The molecule has 36 heavy (non-hydrogen) atoms. The van der Waals surface area contributed by atoms with Crippen molar-refractivity contribution < 1.29 is 50.8 Å². The summed E-state index contributed by atoms with van der Waals surface area (Å²) in [6, 6.07) is 8.13. The number of benzene rings is 2. The molecule has 0 bridgehead atoms. The SMILES string of the molecule is COC(=O)c1ccc(OC(F)F)c(OCC2CC2)c1.O=Cc1ccc(OC(F)F)c(OCC2CC2)c1. The van der Waals surface area contributed by atoms with Crippen LogP contribution in [0.4, 0.5) is 17.6 Å². The maximum atomic E-state index is 12.3. The molecule has 2 fully saturated rings. The van der Waals surface area contributed by atoms with Gasteiger partial charge in [-0.1, -0.05) is 0 Å². The van der Waals surface area contributed by atoms with Crippen LogP contribution in [-0.2, 0) is 4.74 Å². The summed E-state index contributed by atoms with van der Waals surface area (Å²) in [5.74, 6) is 0.613. The molecule has 196 valence electrons. The van der Waals surface area contributed by atoms with Gasteiger partial charge in [-0.2, -0.15) is 17.6 Å². The first kappa shape index (κ1) is 27.1. The highest BCUT2D eigenvalue weighted by molar-refractivity contribution is 5.90. The van der Waals surface area contributed by atoms with Crippen LogP contribution >= 0.6 is 0 Å². The van der Waals surface area contributed by atoms with Gasteiger partial charge in [0.25, 0.3) is 0 Å². The standard InChI is InChI=1S/C13H14F2O4.C12H12F2O3/c1-17-12(16)9-4-5-10(19-13(14)15)11(6-9)18-7-8-2-3-8;13-12(14)17-10-4-3-9(6-15)5-11(10)16-7-8-1-2-8/h4-6,8,13H,2-3,7H2,1H3;3-6,8,12H,1-2,7H2. The van der Waals surface area contributed by atoms with Crippen molar-refractivity contribution in [3.05, 3.63) is 47.5 Å². The second kappa shape index (κ2) is 13.0. The van der Waals surface area contributed by atoms with E-state index in [1.165, 1.54) is 43.5 Å². The second-order valence-corrected chi connectivity index (χ2v) is 8.24. The maximum Gasteiger partial charge on any atom is 0.387 e. The van der Waals surface area contributed by atoms with Gasteiger partial charge in [-0.05, 0) is 73.9 Å². The third kappa shape index (κ3) is 8.94. The molecular formula is C25H26F4O7. The van der Waals surface area contributed by atoms with E-state index in [9.17, 15) is 27.2 Å². The van der Waals surface area contributed by atoms with E-state index >= 15 is 0 Å². The van der Waals surface area contributed by atoms with Crippen LogP contribution in [0.15, 0.2) is 36.4 Å². The number of carbonyl (C=O) groups is 2. The minimum absolute atomic E-state index is 0.0359. The molecule has 7 nitrogen and oxygen atoms in total. The lowest BCUT2D eigenvalue weighted by atomic mass is 10.2. The molecule has 0 heterocycles. The van der Waals surface area contributed by atoms with E-state index in [1.54, 1.807) is 0 Å². The number of hydrogen-bond acceptors (Lipinski definition) is 7. The number of hydrogen-bond donors (Lipinski definition) is 0. The normalized spacial score (nSPS) is 14.5. The Morgan fingerprint density at radius 1 is 0.833 bits per heavy atom. The number of rotatable bonds is 12. The molecule has 0 unspecified atom stereocenters. The van der Waals surface area contributed by atoms with Crippen molar-refractivity contribution >= 4 is 12.3 Å². The number of esters is 1. The first-order chi connectivity index (χ1) is 17.3. The van der Waals surface area contributed by atoms with Gasteiger partial charge in [0, 0.05) is 5.56 Å². The molecule has 0 spiro atoms. The first-order valence-corrected chi connectivity index (χ1v) is 11.3. The van der Waals surface area contributed by atoms with Crippen LogP contribution in [0, 0.1) is 11.8 Å². The van der Waals surface area contributed by atoms with Crippen molar-refractivity contribution in [2.45, 2.75) is 38.9 Å². The monoisotopic (exact) mass is 514 g/mol. The van der Waals surface area contributed by atoms with Crippen LogP contribution < -0.4 is 18.9 Å². The summed E-state index contributed by atoms with van der Waals surface area (Å²) in [6.07, 6.45) is 4.97. The fourth-order valence-corrected chi connectivity index (χ4v) is 2.95. The van der Waals surface area contributed by atoms with Gasteiger partial charge in [0.15, 0.2) is 23.0 Å². The Kier molecular flexibility index (Phi) is 9.77. The summed E-state index contributed by atoms with van der Waals surface area (Å²) in [4.78, 5) is 22.0. The molecule has 2 aromatic rings. The molecule has 0 aromatic heterocycles. The Balaban J connectivity index is 0.000000202. The van der Waals surface area contributed by atoms with E-state index in [0.717, 1.165) is 25.7 Å². The summed E-state index contributed by atoms with van der Waals surface area (Å²) in [7, 11) is 1.25. The molecule has 4 rings (SSSR count). The van der Waals surface area contributed by atoms with Crippen molar-refractivity contribution in [3.8, 4) is 23.0 Å². The number of ether oxygens (including phenoxy) is 5. The molecule has 2 aliphatic rings. The summed E-state index contributed by atoms with van der Waals surface area (Å²) in [6.45, 7) is -4.93. The molecule has 11 heteroatoms. The van der Waals surface area contributed by atoms with Crippen LogP contribution in [-0.4, -0.2) is 45.8 Å². The van der Waals surface area contributed by atoms with Crippen LogP contribution in [0.3, 0.4) is 0 Å². The lowest BCUT2D eigenvalue weighted by Gasteiger charge is -2.13. The summed E-state index contributed by atoms with van der Waals surface area (Å²) < 4.78 is 72.9. The van der Waals surface area contributed by atoms with Crippen molar-refractivity contribution in [1.82, 2.24) is 0 Å². The van der Waals surface area contributed by atoms with Gasteiger partial charge in [0.2, 0.25) is 0 Å². The zero-order chi connectivity index (χ0) is 26.1. The third-order valence-corrected chi connectivity index (χ3v) is 5.24. The quantitative estimate of drug-likeness (QED) is 0.203. The lowest BCUT2D eigenvalue weighted by Crippen LogP contribution is -2.08. The number of halogens is 4. The summed E-state index contributed by atoms with van der Waals surface area (Å²) in [5.41, 5.74) is 0.604. The molecule has 0 amide bonds. The fourth-order valence-electron chi connectivity index (χ4n) is 2.95. The van der Waals surface area contributed by atoms with Gasteiger partial charge in [0.05, 0.1) is 25.9 Å². The first-order valence-electron chi connectivity index (χ1n) is 11.3. The highest BCUT2D eigenvalue weighted by atomic mass is 19.3. The van der Waals surface area contributed by atoms with Crippen molar-refractivity contribution in [2.75, 3.05) is 20.3 Å². The zero-order valence-electron chi connectivity index (χ0n) is 19.5. The Bertz CT molecular complexity index is 1020. The average Bonchev–Trinajstić information content (AvgIpc) is 3.77. The molecule has 0 N–H and O–H groups in total. The Morgan fingerprint density at radius 3 is 1.78 bits per heavy atom. The van der Waals surface area contributed by atoms with Gasteiger partial charge >= 0.3 is 19.2 Å². The maximum absolute atomic E-state index is 12.3. The minimum Gasteiger partial charge on any atom is -0.489 e. The lowest BCUT2D eigenvalue weighted by molar-refractivity contribution is -0.0521. The van der Waals surface area contributed by atoms with E-state index in [1.807, 2.05) is 0 Å². The molecule has 0 aliphatic heterocycles. The average molecular weight is 514 g/mol. The Hall–Kier alpha value is -3.50. The number of alkyl halides is 4. The highest BCUT2D eigenvalue weighted by Crippen LogP contribution is 2.35. The van der Waals surface area contributed by atoms with Crippen LogP contribution in [0.2, 0.25) is 0 Å². The van der Waals surface area contributed by atoms with Gasteiger partial charge in [-0.25, -0.2) is 4.79 Å². The van der Waals surface area contributed by atoms with Crippen molar-refractivity contribution in [1.29, 1.82) is 0 Å². The molecule has 2 aromatic carbocycles. The molecule has 0 radical (unpaired) electrons. The van der Waals surface area contributed by atoms with E-state index in [4.69, 9.17) is 9.47 Å². The van der Waals surface area contributed by atoms with Gasteiger partial charge in [-0.15, -0.1) is 0 Å². The van der Waals surface area contributed by atoms with Crippen LogP contribution in [0.1, 0.15) is 46.4 Å². The Morgan fingerprint density at radius 2 is 1.33 bits per heavy atom. The fraction of sp³-hybridized carbons (Fsp3) is 0.440. The van der Waals surface area contributed by atoms with Gasteiger partial charge in [-0.3, -0.25) is 4.79 Å². The minimum atomic E-state index is -2.94. The molecule has 2 saturated carbocycles. The number of carbonyl (C=O) groups excluding carboxylic acids is 2. The zero-order valence-corrected chi connectivity index (χ0v) is 19.5. The number of methoxy groups -OCH3 is 1. The summed E-state index contributed by atoms with van der Waals surface area (Å²) in [5, 5.41) is 0. The summed E-state index contributed by atoms with van der Waals surface area (Å²) >= 11 is 0. The van der Waals surface area contributed by atoms with E-state index in [2.05, 4.69) is 14.2 Å². The van der Waals surface area contributed by atoms with Crippen LogP contribution in [0.5, 0.6) is 23.0 Å².